The summed E-state index contributed by atoms with van der Waals surface area (Å²) in [6, 6.07) is 1.48. The predicted octanol–water partition coefficient (Wildman–Crippen LogP) is 1.85. The second-order valence-electron chi connectivity index (χ2n) is 4.35. The van der Waals surface area contributed by atoms with Crippen LogP contribution in [0.2, 0.25) is 0 Å². The van der Waals surface area contributed by atoms with Crippen LogP contribution in [0.4, 0.5) is 0 Å². The highest BCUT2D eigenvalue weighted by Crippen LogP contribution is 2.31. The zero-order valence-corrected chi connectivity index (χ0v) is 13.5. The van der Waals surface area contributed by atoms with Gasteiger partial charge in [-0.15, -0.1) is 11.3 Å². The highest BCUT2D eigenvalue weighted by atomic mass is 79.9. The van der Waals surface area contributed by atoms with E-state index in [9.17, 15) is 8.42 Å². The number of rotatable bonds is 5. The Morgan fingerprint density at radius 2 is 2.32 bits per heavy atom. The fraction of sp³-hybridized carbons (Fsp3) is 0.636. The summed E-state index contributed by atoms with van der Waals surface area (Å²) in [5, 5.41) is 9.03. The van der Waals surface area contributed by atoms with Crippen LogP contribution >= 0.6 is 27.3 Å². The average Bonchev–Trinajstić information content (AvgIpc) is 2.80. The van der Waals surface area contributed by atoms with Gasteiger partial charge < -0.3 is 9.84 Å². The molecule has 108 valence electrons. The summed E-state index contributed by atoms with van der Waals surface area (Å²) >= 11 is 4.44. The Balaban J connectivity index is 2.02. The van der Waals surface area contributed by atoms with Crippen molar-refractivity contribution in [3.63, 3.8) is 0 Å². The maximum atomic E-state index is 12.2. The van der Waals surface area contributed by atoms with Gasteiger partial charge in [-0.3, -0.25) is 0 Å². The topological polar surface area (TPSA) is 75.6 Å². The fourth-order valence-corrected chi connectivity index (χ4v) is 5.51. The number of aliphatic hydroxyl groups is 1. The molecular weight excluding hydrogens is 354 g/mol. The molecule has 1 aliphatic heterocycles. The molecule has 0 bridgehead atoms. The maximum absolute atomic E-state index is 12.2. The van der Waals surface area contributed by atoms with Crippen molar-refractivity contribution in [2.75, 3.05) is 13.2 Å². The molecule has 0 amide bonds. The third kappa shape index (κ3) is 3.99. The minimum atomic E-state index is -3.56. The van der Waals surface area contributed by atoms with Crippen molar-refractivity contribution >= 4 is 37.3 Å². The molecule has 0 saturated carbocycles. The van der Waals surface area contributed by atoms with Crippen LogP contribution < -0.4 is 4.72 Å². The van der Waals surface area contributed by atoms with E-state index >= 15 is 0 Å². The third-order valence-electron chi connectivity index (χ3n) is 2.93. The molecule has 8 heteroatoms. The zero-order valence-electron chi connectivity index (χ0n) is 10.3. The summed E-state index contributed by atoms with van der Waals surface area (Å²) in [5.41, 5.74) is 0. The number of thiophene rings is 1. The Labute approximate surface area is 125 Å². The van der Waals surface area contributed by atoms with Crippen LogP contribution in [-0.4, -0.2) is 32.8 Å². The van der Waals surface area contributed by atoms with Gasteiger partial charge in [0.15, 0.2) is 0 Å². The second-order valence-corrected chi connectivity index (χ2v) is 8.54. The Morgan fingerprint density at radius 3 is 2.89 bits per heavy atom. The molecule has 1 saturated heterocycles. The lowest BCUT2D eigenvalue weighted by Crippen LogP contribution is -2.35. The molecule has 1 atom stereocenters. The predicted molar refractivity (Wildman–Crippen MR) is 76.7 cm³/mol. The molecule has 1 aliphatic rings. The second kappa shape index (κ2) is 6.64. The van der Waals surface area contributed by atoms with Gasteiger partial charge in [0.1, 0.15) is 4.90 Å². The van der Waals surface area contributed by atoms with Crippen LogP contribution in [0.1, 0.15) is 24.1 Å². The van der Waals surface area contributed by atoms with Crippen LogP contribution in [-0.2, 0) is 21.4 Å². The van der Waals surface area contributed by atoms with E-state index in [0.717, 1.165) is 19.3 Å². The largest absolute Gasteiger partial charge is 0.391 e. The van der Waals surface area contributed by atoms with Crippen molar-refractivity contribution in [3.8, 4) is 0 Å². The van der Waals surface area contributed by atoms with Crippen LogP contribution in [0.5, 0.6) is 0 Å². The molecule has 0 spiro atoms. The highest BCUT2D eigenvalue weighted by Gasteiger charge is 2.23. The van der Waals surface area contributed by atoms with Crippen molar-refractivity contribution < 1.29 is 18.3 Å². The standard InChI is InChI=1S/C11H16BrNO4S2/c12-11-10(5-9(7-14)18-11)19(15,16)13-6-8-3-1-2-4-17-8/h5,8,13-14H,1-4,6-7H2. The van der Waals surface area contributed by atoms with Gasteiger partial charge in [-0.1, -0.05) is 0 Å². The van der Waals surface area contributed by atoms with Crippen molar-refractivity contribution in [2.45, 2.75) is 36.9 Å². The van der Waals surface area contributed by atoms with Crippen molar-refractivity contribution in [1.29, 1.82) is 0 Å². The number of ether oxygens (including phenoxy) is 1. The molecule has 2 N–H and O–H groups in total. The Bertz CT molecular complexity index is 523. The molecule has 1 fully saturated rings. The minimum absolute atomic E-state index is 0.0433. The van der Waals surface area contributed by atoms with Crippen LogP contribution in [0, 0.1) is 0 Å². The van der Waals surface area contributed by atoms with Gasteiger partial charge in [-0.25, -0.2) is 13.1 Å². The van der Waals surface area contributed by atoms with E-state index in [2.05, 4.69) is 20.7 Å². The van der Waals surface area contributed by atoms with E-state index < -0.39 is 10.0 Å². The summed E-state index contributed by atoms with van der Waals surface area (Å²) in [4.78, 5) is 0.790. The number of nitrogens with one attached hydrogen (secondary N) is 1. The molecule has 1 aromatic heterocycles. The van der Waals surface area contributed by atoms with Gasteiger partial charge in [-0.05, 0) is 41.3 Å². The van der Waals surface area contributed by atoms with Gasteiger partial charge in [-0.2, -0.15) is 0 Å². The number of aliphatic hydroxyl groups excluding tert-OH is 1. The van der Waals surface area contributed by atoms with E-state index in [1.54, 1.807) is 0 Å². The lowest BCUT2D eigenvalue weighted by atomic mass is 10.1. The number of halogens is 1. The lowest BCUT2D eigenvalue weighted by Gasteiger charge is -2.22. The number of sulfonamides is 1. The summed E-state index contributed by atoms with van der Waals surface area (Å²) in [6.07, 6.45) is 2.95. The van der Waals surface area contributed by atoms with Gasteiger partial charge >= 0.3 is 0 Å². The molecule has 2 rings (SSSR count). The Hall–Kier alpha value is 0.01000. The molecule has 0 radical (unpaired) electrons. The van der Waals surface area contributed by atoms with Crippen molar-refractivity contribution in [3.05, 3.63) is 14.7 Å². The third-order valence-corrected chi connectivity index (χ3v) is 6.59. The summed E-state index contributed by atoms with van der Waals surface area (Å²) in [7, 11) is -3.56. The van der Waals surface area contributed by atoms with Crippen LogP contribution in [0.3, 0.4) is 0 Å². The molecule has 19 heavy (non-hydrogen) atoms. The minimum Gasteiger partial charge on any atom is -0.391 e. The Kier molecular flexibility index (Phi) is 5.38. The van der Waals surface area contributed by atoms with E-state index in [4.69, 9.17) is 9.84 Å². The monoisotopic (exact) mass is 369 g/mol. The first kappa shape index (κ1) is 15.4. The maximum Gasteiger partial charge on any atom is 0.242 e. The van der Waals surface area contributed by atoms with E-state index in [-0.39, 0.29) is 17.6 Å². The van der Waals surface area contributed by atoms with Crippen LogP contribution in [0.25, 0.3) is 0 Å². The summed E-state index contributed by atoms with van der Waals surface area (Å²) < 4.78 is 32.9. The van der Waals surface area contributed by atoms with E-state index in [1.807, 2.05) is 0 Å². The molecule has 1 unspecified atom stereocenters. The zero-order chi connectivity index (χ0) is 13.9. The van der Waals surface area contributed by atoms with Crippen molar-refractivity contribution in [1.82, 2.24) is 4.72 Å². The molecule has 2 heterocycles. The molecule has 0 aromatic carbocycles. The lowest BCUT2D eigenvalue weighted by molar-refractivity contribution is 0.0200. The summed E-state index contributed by atoms with van der Waals surface area (Å²) in [6.45, 7) is 0.826. The summed E-state index contributed by atoms with van der Waals surface area (Å²) in [5.74, 6) is 0. The smallest absolute Gasteiger partial charge is 0.242 e. The average molecular weight is 370 g/mol. The first-order valence-corrected chi connectivity index (χ1v) is 9.12. The van der Waals surface area contributed by atoms with E-state index in [1.165, 1.54) is 17.4 Å². The SMILES string of the molecule is O=S(=O)(NCC1CCCCO1)c1cc(CO)sc1Br. The van der Waals surface area contributed by atoms with Gasteiger partial charge in [0.2, 0.25) is 10.0 Å². The van der Waals surface area contributed by atoms with Crippen LogP contribution in [0.15, 0.2) is 14.7 Å². The quantitative estimate of drug-likeness (QED) is 0.830. The first-order chi connectivity index (χ1) is 9.03. The Morgan fingerprint density at radius 1 is 1.53 bits per heavy atom. The number of hydrogen-bond donors (Lipinski definition) is 2. The molecule has 5 nitrogen and oxygen atoms in total. The molecule has 1 aromatic rings. The van der Waals surface area contributed by atoms with Gasteiger partial charge in [0.05, 0.1) is 16.5 Å². The number of hydrogen-bond acceptors (Lipinski definition) is 5. The molecule has 0 aliphatic carbocycles. The highest BCUT2D eigenvalue weighted by molar-refractivity contribution is 9.11. The molecular formula is C11H16BrNO4S2. The van der Waals surface area contributed by atoms with Crippen molar-refractivity contribution in [2.24, 2.45) is 0 Å². The van der Waals surface area contributed by atoms with Gasteiger partial charge in [0.25, 0.3) is 0 Å². The van der Waals surface area contributed by atoms with Gasteiger partial charge in [0, 0.05) is 18.0 Å². The fourth-order valence-electron chi connectivity index (χ4n) is 1.91. The van der Waals surface area contributed by atoms with E-state index in [0.29, 0.717) is 21.8 Å². The normalized spacial score (nSPS) is 20.6. The first-order valence-electron chi connectivity index (χ1n) is 6.03.